The minimum absolute atomic E-state index is 0.0121. The van der Waals surface area contributed by atoms with Gasteiger partial charge in [0, 0.05) is 28.2 Å². The smallest absolute Gasteiger partial charge is 0.238 e. The molecule has 2 aromatic carbocycles. The number of carbonyl (C=O) groups excluding carboxylic acids is 2. The number of likely N-dealkylation sites (tertiary alicyclic amines) is 1. The maximum atomic E-state index is 16.2. The summed E-state index contributed by atoms with van der Waals surface area (Å²) in [6, 6.07) is 9.73. The number of hydrogen-bond donors (Lipinski definition) is 2. The average Bonchev–Trinajstić information content (AvgIpc) is 3.36. The first-order valence-corrected chi connectivity index (χ1v) is 16.7. The fourth-order valence-electron chi connectivity index (χ4n) is 9.17. The molecule has 2 aliphatic heterocycles. The van der Waals surface area contributed by atoms with Gasteiger partial charge < -0.3 is 10.6 Å². The summed E-state index contributed by atoms with van der Waals surface area (Å²) < 4.78 is 16.2. The van der Waals surface area contributed by atoms with Crippen LogP contribution in [-0.4, -0.2) is 41.4 Å². The average molecular weight is 629 g/mol. The van der Waals surface area contributed by atoms with Crippen molar-refractivity contribution < 1.29 is 14.0 Å². The van der Waals surface area contributed by atoms with Crippen LogP contribution in [0.4, 0.5) is 10.1 Å². The van der Waals surface area contributed by atoms with Crippen molar-refractivity contribution in [2.75, 3.05) is 12.4 Å². The van der Waals surface area contributed by atoms with Crippen molar-refractivity contribution in [2.24, 2.45) is 17.3 Å². The van der Waals surface area contributed by atoms with E-state index in [-0.39, 0.29) is 28.3 Å². The Balaban J connectivity index is 1.52. The predicted molar refractivity (Wildman–Crippen MR) is 171 cm³/mol. The molecule has 5 nitrogen and oxygen atoms in total. The van der Waals surface area contributed by atoms with E-state index in [0.29, 0.717) is 41.0 Å². The SMILES string of the molecule is CC(C)[C@H]1CC[C@H](NC(=O)[C@H]2[C@H](c3cccc(Cl)c3F)[C@]3(C(=O)Nc4cc(Cl)ccc43)C3(CCC(C)(C)CC3)N2C)CC1. The number of benzene rings is 2. The molecule has 2 N–H and O–H groups in total. The Kier molecular flexibility index (Phi) is 7.91. The Hall–Kier alpha value is -2.15. The number of hydrogen-bond acceptors (Lipinski definition) is 3. The van der Waals surface area contributed by atoms with Crippen molar-refractivity contribution in [2.45, 2.75) is 108 Å². The highest BCUT2D eigenvalue weighted by Gasteiger charge is 2.75. The number of rotatable bonds is 4. The van der Waals surface area contributed by atoms with E-state index < -0.39 is 28.7 Å². The van der Waals surface area contributed by atoms with Gasteiger partial charge in [0.05, 0.1) is 11.1 Å². The molecule has 2 aliphatic carbocycles. The van der Waals surface area contributed by atoms with Crippen LogP contribution in [0.25, 0.3) is 0 Å². The molecule has 43 heavy (non-hydrogen) atoms. The highest BCUT2D eigenvalue weighted by Crippen LogP contribution is 2.67. The zero-order valence-electron chi connectivity index (χ0n) is 25.9. The molecule has 2 spiro atoms. The Morgan fingerprint density at radius 3 is 2.37 bits per heavy atom. The van der Waals surface area contributed by atoms with Gasteiger partial charge in [-0.15, -0.1) is 0 Å². The molecule has 6 rings (SSSR count). The molecule has 2 heterocycles. The maximum absolute atomic E-state index is 16.2. The van der Waals surface area contributed by atoms with Crippen LogP contribution in [0.2, 0.25) is 10.0 Å². The molecule has 2 aromatic rings. The molecule has 0 aromatic heterocycles. The van der Waals surface area contributed by atoms with Gasteiger partial charge >= 0.3 is 0 Å². The molecule has 0 radical (unpaired) electrons. The summed E-state index contributed by atoms with van der Waals surface area (Å²) in [5, 5.41) is 7.02. The maximum Gasteiger partial charge on any atom is 0.238 e. The van der Waals surface area contributed by atoms with Crippen molar-refractivity contribution in [1.29, 1.82) is 0 Å². The number of nitrogens with one attached hydrogen (secondary N) is 2. The second-order valence-corrected chi connectivity index (χ2v) is 15.5. The fourth-order valence-corrected chi connectivity index (χ4v) is 9.52. The van der Waals surface area contributed by atoms with E-state index in [1.165, 1.54) is 6.07 Å². The van der Waals surface area contributed by atoms with Crippen LogP contribution in [0, 0.1) is 23.1 Å². The lowest BCUT2D eigenvalue weighted by Gasteiger charge is -2.53. The number of likely N-dealkylation sites (N-methyl/N-ethyl adjacent to an activating group) is 1. The Morgan fingerprint density at radius 2 is 1.72 bits per heavy atom. The molecule has 2 saturated carbocycles. The van der Waals surface area contributed by atoms with Gasteiger partial charge in [-0.1, -0.05) is 69.1 Å². The van der Waals surface area contributed by atoms with Crippen molar-refractivity contribution in [3.63, 3.8) is 0 Å². The number of amides is 2. The minimum atomic E-state index is -1.22. The van der Waals surface area contributed by atoms with Gasteiger partial charge in [0.1, 0.15) is 11.2 Å². The first-order valence-electron chi connectivity index (χ1n) is 15.9. The molecular weight excluding hydrogens is 584 g/mol. The third kappa shape index (κ3) is 4.73. The molecule has 3 atom stereocenters. The largest absolute Gasteiger partial charge is 0.352 e. The van der Waals surface area contributed by atoms with Gasteiger partial charge in [0.2, 0.25) is 11.8 Å². The lowest BCUT2D eigenvalue weighted by Crippen LogP contribution is -2.62. The van der Waals surface area contributed by atoms with E-state index in [9.17, 15) is 9.59 Å². The highest BCUT2D eigenvalue weighted by molar-refractivity contribution is 6.31. The molecule has 232 valence electrons. The van der Waals surface area contributed by atoms with Gasteiger partial charge in [0.25, 0.3) is 0 Å². The standard InChI is InChI=1S/C35H44Cl2FN3O2/c1-20(2)21-9-12-23(13-10-21)39-31(42)30-28(24-7-6-8-26(37)29(24)38)35(25-14-11-22(36)19-27(25)40-32(35)43)34(41(30)5)17-15-33(3,4)16-18-34/h6-8,11,14,19-21,23,28,30H,9-10,12-13,15-18H2,1-5H3,(H,39,42)(H,40,43)/t21-,23-,28-,30+,35+/m0/s1. The lowest BCUT2D eigenvalue weighted by molar-refractivity contribution is -0.129. The lowest BCUT2D eigenvalue weighted by atomic mass is 9.53. The van der Waals surface area contributed by atoms with Crippen molar-refractivity contribution in [1.82, 2.24) is 10.2 Å². The summed E-state index contributed by atoms with van der Waals surface area (Å²) in [7, 11) is 1.98. The molecule has 0 unspecified atom stereocenters. The third-order valence-electron chi connectivity index (χ3n) is 11.7. The number of nitrogens with zero attached hydrogens (tertiary/aromatic N) is 1. The Morgan fingerprint density at radius 1 is 1.05 bits per heavy atom. The molecule has 8 heteroatoms. The van der Waals surface area contributed by atoms with E-state index >= 15 is 4.39 Å². The van der Waals surface area contributed by atoms with Crippen LogP contribution >= 0.6 is 23.2 Å². The van der Waals surface area contributed by atoms with Crippen LogP contribution in [0.5, 0.6) is 0 Å². The van der Waals surface area contributed by atoms with Crippen LogP contribution in [-0.2, 0) is 15.0 Å². The second-order valence-electron chi connectivity index (χ2n) is 14.7. The first kappa shape index (κ1) is 30.9. The van der Waals surface area contributed by atoms with Crippen LogP contribution in [0.1, 0.15) is 96.1 Å². The van der Waals surface area contributed by atoms with Crippen LogP contribution in [0.3, 0.4) is 0 Å². The topological polar surface area (TPSA) is 61.4 Å². The summed E-state index contributed by atoms with van der Waals surface area (Å²) in [4.78, 5) is 31.5. The van der Waals surface area contributed by atoms with Gasteiger partial charge in [-0.2, -0.15) is 0 Å². The summed E-state index contributed by atoms with van der Waals surface area (Å²) in [6.45, 7) is 9.05. The summed E-state index contributed by atoms with van der Waals surface area (Å²) in [5.41, 5.74) is -0.121. The van der Waals surface area contributed by atoms with E-state index in [1.54, 1.807) is 24.3 Å². The molecule has 4 aliphatic rings. The molecule has 1 saturated heterocycles. The van der Waals surface area contributed by atoms with Crippen molar-refractivity contribution in [3.8, 4) is 0 Å². The van der Waals surface area contributed by atoms with Crippen LogP contribution in [0.15, 0.2) is 36.4 Å². The quantitative estimate of drug-likeness (QED) is 0.360. The van der Waals surface area contributed by atoms with Gasteiger partial charge in [-0.25, -0.2) is 4.39 Å². The summed E-state index contributed by atoms with van der Waals surface area (Å²) in [6.07, 6.45) is 7.17. The van der Waals surface area contributed by atoms with E-state index in [1.807, 2.05) is 13.1 Å². The first-order chi connectivity index (χ1) is 20.3. The fraction of sp³-hybridized carbons (Fsp3) is 0.600. The predicted octanol–water partition coefficient (Wildman–Crippen LogP) is 8.09. The van der Waals surface area contributed by atoms with E-state index in [0.717, 1.165) is 44.1 Å². The van der Waals surface area contributed by atoms with Crippen molar-refractivity contribution >= 4 is 40.7 Å². The Bertz CT molecular complexity index is 1430. The van der Waals surface area contributed by atoms with Crippen molar-refractivity contribution in [3.05, 3.63) is 63.4 Å². The third-order valence-corrected chi connectivity index (χ3v) is 12.2. The summed E-state index contributed by atoms with van der Waals surface area (Å²) >= 11 is 12.8. The molecular formula is C35H44Cl2FN3O2. The van der Waals surface area contributed by atoms with Gasteiger partial charge in [0.15, 0.2) is 0 Å². The number of halogens is 3. The summed E-state index contributed by atoms with van der Waals surface area (Å²) in [5.74, 6) is -0.423. The van der Waals surface area contributed by atoms with E-state index in [2.05, 4.69) is 43.2 Å². The van der Waals surface area contributed by atoms with Gasteiger partial charge in [-0.05, 0) is 105 Å². The Labute approximate surface area is 265 Å². The monoisotopic (exact) mass is 627 g/mol. The number of anilines is 1. The second kappa shape index (κ2) is 11.0. The molecule has 0 bridgehead atoms. The highest BCUT2D eigenvalue weighted by atomic mass is 35.5. The van der Waals surface area contributed by atoms with Gasteiger partial charge in [-0.3, -0.25) is 14.5 Å². The zero-order valence-corrected chi connectivity index (χ0v) is 27.4. The zero-order chi connectivity index (χ0) is 30.9. The van der Waals surface area contributed by atoms with Crippen LogP contribution < -0.4 is 10.6 Å². The normalized spacial score (nSPS) is 31.4. The van der Waals surface area contributed by atoms with E-state index in [4.69, 9.17) is 23.2 Å². The molecule has 3 fully saturated rings. The minimum Gasteiger partial charge on any atom is -0.352 e. The number of carbonyl (C=O) groups is 2. The number of fused-ring (bicyclic) bond motifs is 3. The molecule has 2 amide bonds.